The molecule has 3 aromatic rings. The molecule has 0 fully saturated rings. The Balaban J connectivity index is 1.74. The van der Waals surface area contributed by atoms with E-state index < -0.39 is 11.9 Å². The molecule has 25 heavy (non-hydrogen) atoms. The number of primary amides is 1. The standard InChI is InChI=1S/C18H18N4O2S/c1-12(17(19)23)20-18(24)14-6-2-3-7-15(14)25-11-13-10-22-9-5-4-8-16(22)21-13/h2-10,12H,11H2,1H3,(H2,19,23)(H,20,24)/t12-/m1/s1. The third-order valence-electron chi connectivity index (χ3n) is 3.70. The zero-order valence-corrected chi connectivity index (χ0v) is 14.5. The maximum atomic E-state index is 12.4. The van der Waals surface area contributed by atoms with E-state index in [9.17, 15) is 9.59 Å². The van der Waals surface area contributed by atoms with Gasteiger partial charge in [0.25, 0.3) is 5.91 Å². The molecule has 2 aromatic heterocycles. The molecule has 3 N–H and O–H groups in total. The van der Waals surface area contributed by atoms with Gasteiger partial charge >= 0.3 is 0 Å². The topological polar surface area (TPSA) is 89.5 Å². The van der Waals surface area contributed by atoms with Gasteiger partial charge in [0.15, 0.2) is 0 Å². The molecule has 1 aromatic carbocycles. The summed E-state index contributed by atoms with van der Waals surface area (Å²) in [4.78, 5) is 28.9. The van der Waals surface area contributed by atoms with Gasteiger partial charge in [0, 0.05) is 23.0 Å². The fraction of sp³-hybridized carbons (Fsp3) is 0.167. The predicted molar refractivity (Wildman–Crippen MR) is 97.3 cm³/mol. The van der Waals surface area contributed by atoms with Gasteiger partial charge < -0.3 is 15.5 Å². The van der Waals surface area contributed by atoms with Gasteiger partial charge in [-0.15, -0.1) is 11.8 Å². The van der Waals surface area contributed by atoms with Gasteiger partial charge in [-0.25, -0.2) is 4.98 Å². The van der Waals surface area contributed by atoms with E-state index >= 15 is 0 Å². The molecule has 2 amide bonds. The Bertz CT molecular complexity index is 889. The molecule has 0 aliphatic heterocycles. The van der Waals surface area contributed by atoms with E-state index in [1.807, 2.05) is 47.1 Å². The van der Waals surface area contributed by atoms with Crippen molar-refractivity contribution in [1.82, 2.24) is 14.7 Å². The van der Waals surface area contributed by atoms with Gasteiger partial charge in [-0.2, -0.15) is 0 Å². The number of pyridine rings is 1. The minimum atomic E-state index is -0.719. The lowest BCUT2D eigenvalue weighted by Crippen LogP contribution is -2.42. The highest BCUT2D eigenvalue weighted by atomic mass is 32.2. The molecule has 0 aliphatic rings. The molecule has 6 nitrogen and oxygen atoms in total. The third kappa shape index (κ3) is 4.00. The lowest BCUT2D eigenvalue weighted by Gasteiger charge is -2.12. The number of aromatic nitrogens is 2. The van der Waals surface area contributed by atoms with E-state index in [2.05, 4.69) is 10.3 Å². The zero-order valence-electron chi connectivity index (χ0n) is 13.7. The summed E-state index contributed by atoms with van der Waals surface area (Å²) in [5, 5.41) is 2.61. The first-order valence-electron chi connectivity index (χ1n) is 7.79. The van der Waals surface area contributed by atoms with Crippen LogP contribution in [0, 0.1) is 0 Å². The Kier molecular flexibility index (Phi) is 5.04. The van der Waals surface area contributed by atoms with E-state index in [0.29, 0.717) is 11.3 Å². The van der Waals surface area contributed by atoms with Crippen molar-refractivity contribution in [2.24, 2.45) is 5.73 Å². The van der Waals surface area contributed by atoms with Crippen LogP contribution in [0.5, 0.6) is 0 Å². The van der Waals surface area contributed by atoms with Crippen molar-refractivity contribution in [2.45, 2.75) is 23.6 Å². The van der Waals surface area contributed by atoms with E-state index in [0.717, 1.165) is 16.2 Å². The summed E-state index contributed by atoms with van der Waals surface area (Å²) in [5.74, 6) is -0.246. The van der Waals surface area contributed by atoms with Crippen molar-refractivity contribution in [1.29, 1.82) is 0 Å². The summed E-state index contributed by atoms with van der Waals surface area (Å²) >= 11 is 1.53. The molecule has 128 valence electrons. The van der Waals surface area contributed by atoms with Crippen LogP contribution < -0.4 is 11.1 Å². The number of imidazole rings is 1. The highest BCUT2D eigenvalue weighted by molar-refractivity contribution is 7.98. The fourth-order valence-corrected chi connectivity index (χ4v) is 3.27. The molecular weight excluding hydrogens is 336 g/mol. The largest absolute Gasteiger partial charge is 0.368 e. The number of thioether (sulfide) groups is 1. The van der Waals surface area contributed by atoms with Crippen LogP contribution in [0.4, 0.5) is 0 Å². The van der Waals surface area contributed by atoms with E-state index in [4.69, 9.17) is 5.73 Å². The van der Waals surface area contributed by atoms with Gasteiger partial charge in [-0.05, 0) is 31.2 Å². The number of nitrogens with two attached hydrogens (primary N) is 1. The van der Waals surface area contributed by atoms with Gasteiger partial charge in [0.2, 0.25) is 5.91 Å². The normalized spacial score (nSPS) is 12.0. The Morgan fingerprint density at radius 3 is 2.76 bits per heavy atom. The number of benzene rings is 1. The Hall–Kier alpha value is -2.80. The van der Waals surface area contributed by atoms with Crippen molar-refractivity contribution < 1.29 is 9.59 Å². The second-order valence-corrected chi connectivity index (χ2v) is 6.60. The average molecular weight is 354 g/mol. The Morgan fingerprint density at radius 2 is 2.00 bits per heavy atom. The molecule has 1 atom stereocenters. The summed E-state index contributed by atoms with van der Waals surface area (Å²) in [6.07, 6.45) is 3.92. The first-order valence-corrected chi connectivity index (χ1v) is 8.78. The van der Waals surface area contributed by atoms with Crippen molar-refractivity contribution in [2.75, 3.05) is 0 Å². The highest BCUT2D eigenvalue weighted by Gasteiger charge is 2.16. The lowest BCUT2D eigenvalue weighted by atomic mass is 10.2. The van der Waals surface area contributed by atoms with Crippen molar-refractivity contribution in [3.8, 4) is 0 Å². The van der Waals surface area contributed by atoms with Crippen molar-refractivity contribution in [3.63, 3.8) is 0 Å². The quantitative estimate of drug-likeness (QED) is 0.664. The highest BCUT2D eigenvalue weighted by Crippen LogP contribution is 2.26. The Labute approximate surface area is 149 Å². The number of rotatable bonds is 6. The van der Waals surface area contributed by atoms with Crippen LogP contribution in [0.2, 0.25) is 0 Å². The summed E-state index contributed by atoms with van der Waals surface area (Å²) in [5.41, 5.74) is 7.54. The van der Waals surface area contributed by atoms with E-state index in [-0.39, 0.29) is 5.91 Å². The summed E-state index contributed by atoms with van der Waals surface area (Å²) < 4.78 is 1.96. The predicted octanol–water partition coefficient (Wildman–Crippen LogP) is 2.23. The van der Waals surface area contributed by atoms with Crippen LogP contribution in [0.25, 0.3) is 5.65 Å². The van der Waals surface area contributed by atoms with Crippen LogP contribution in [0.1, 0.15) is 23.0 Å². The van der Waals surface area contributed by atoms with Gasteiger partial charge in [-0.1, -0.05) is 18.2 Å². The van der Waals surface area contributed by atoms with E-state index in [1.54, 1.807) is 19.1 Å². The lowest BCUT2D eigenvalue weighted by molar-refractivity contribution is -0.119. The first-order chi connectivity index (χ1) is 12.0. The number of nitrogens with zero attached hydrogens (tertiary/aromatic N) is 2. The third-order valence-corrected chi connectivity index (χ3v) is 4.80. The zero-order chi connectivity index (χ0) is 17.8. The molecule has 0 saturated carbocycles. The number of hydrogen-bond donors (Lipinski definition) is 2. The number of fused-ring (bicyclic) bond motifs is 1. The molecule has 0 spiro atoms. The van der Waals surface area contributed by atoms with Crippen LogP contribution in [0.3, 0.4) is 0 Å². The number of carbonyl (C=O) groups excluding carboxylic acids is 2. The van der Waals surface area contributed by atoms with Crippen molar-refractivity contribution >= 4 is 29.2 Å². The molecule has 0 bridgehead atoms. The monoisotopic (exact) mass is 354 g/mol. The number of amides is 2. The van der Waals surface area contributed by atoms with Crippen molar-refractivity contribution in [3.05, 3.63) is 66.1 Å². The number of nitrogens with one attached hydrogen (secondary N) is 1. The minimum Gasteiger partial charge on any atom is -0.368 e. The maximum Gasteiger partial charge on any atom is 0.253 e. The smallest absolute Gasteiger partial charge is 0.253 e. The van der Waals surface area contributed by atoms with Crippen LogP contribution in [-0.4, -0.2) is 27.2 Å². The molecule has 7 heteroatoms. The summed E-state index contributed by atoms with van der Waals surface area (Å²) in [6, 6.07) is 12.4. The average Bonchev–Trinajstić information content (AvgIpc) is 3.03. The van der Waals surface area contributed by atoms with Crippen LogP contribution in [-0.2, 0) is 10.5 Å². The molecular formula is C18H18N4O2S. The second-order valence-electron chi connectivity index (χ2n) is 5.58. The molecule has 2 heterocycles. The van der Waals surface area contributed by atoms with Gasteiger partial charge in [0.1, 0.15) is 11.7 Å². The van der Waals surface area contributed by atoms with E-state index in [1.165, 1.54) is 11.8 Å². The number of hydrogen-bond acceptors (Lipinski definition) is 4. The van der Waals surface area contributed by atoms with Crippen LogP contribution >= 0.6 is 11.8 Å². The SMILES string of the molecule is C[C@@H](NC(=O)c1ccccc1SCc1cn2ccccc2n1)C(N)=O. The molecule has 0 unspecified atom stereocenters. The van der Waals surface area contributed by atoms with Gasteiger partial charge in [-0.3, -0.25) is 9.59 Å². The second kappa shape index (κ2) is 7.40. The fourth-order valence-electron chi connectivity index (χ4n) is 2.33. The Morgan fingerprint density at radius 1 is 1.24 bits per heavy atom. The number of carbonyl (C=O) groups is 2. The summed E-state index contributed by atoms with van der Waals surface area (Å²) in [7, 11) is 0. The molecule has 3 rings (SSSR count). The van der Waals surface area contributed by atoms with Crippen LogP contribution in [0.15, 0.2) is 59.8 Å². The summed E-state index contributed by atoms with van der Waals surface area (Å²) in [6.45, 7) is 1.56. The molecule has 0 radical (unpaired) electrons. The minimum absolute atomic E-state index is 0.315. The maximum absolute atomic E-state index is 12.4. The molecule has 0 saturated heterocycles. The first kappa shape index (κ1) is 17.0. The van der Waals surface area contributed by atoms with Gasteiger partial charge in [0.05, 0.1) is 11.3 Å². The molecule has 0 aliphatic carbocycles.